The summed E-state index contributed by atoms with van der Waals surface area (Å²) in [5.41, 5.74) is 3.50. The summed E-state index contributed by atoms with van der Waals surface area (Å²) in [6.07, 6.45) is 1.78. The summed E-state index contributed by atoms with van der Waals surface area (Å²) < 4.78 is 43.5. The van der Waals surface area contributed by atoms with E-state index in [1.807, 2.05) is 36.4 Å². The van der Waals surface area contributed by atoms with Gasteiger partial charge in [0.2, 0.25) is 10.0 Å². The summed E-state index contributed by atoms with van der Waals surface area (Å²) in [5.74, 6) is -0.603. The number of rotatable bonds is 3. The predicted octanol–water partition coefficient (Wildman–Crippen LogP) is 2.43. The number of halogens is 1. The number of nitrogens with zero attached hydrogens (tertiary/aromatic N) is 2. The molecule has 31 heavy (non-hydrogen) atoms. The molecule has 2 aromatic carbocycles. The van der Waals surface area contributed by atoms with E-state index in [-0.39, 0.29) is 5.91 Å². The minimum absolute atomic E-state index is 0.304. The number of anilines is 1. The molecule has 3 heterocycles. The average molecular weight is 439 g/mol. The number of hydrogen-bond donors (Lipinski definition) is 1. The van der Waals surface area contributed by atoms with Crippen molar-refractivity contribution in [3.05, 3.63) is 71.7 Å². The van der Waals surface area contributed by atoms with Crippen molar-refractivity contribution >= 4 is 21.6 Å². The fourth-order valence-corrected chi connectivity index (χ4v) is 4.67. The van der Waals surface area contributed by atoms with E-state index in [2.05, 4.69) is 4.98 Å². The lowest BCUT2D eigenvalue weighted by molar-refractivity contribution is -0.124. The van der Waals surface area contributed by atoms with Gasteiger partial charge in [-0.3, -0.25) is 9.78 Å². The summed E-state index contributed by atoms with van der Waals surface area (Å²) in [4.78, 5) is 18.3. The first-order valence-electron chi connectivity index (χ1n) is 9.69. The summed E-state index contributed by atoms with van der Waals surface area (Å²) >= 11 is 0. The van der Waals surface area contributed by atoms with E-state index in [0.717, 1.165) is 29.0 Å². The topological polar surface area (TPSA) is 103 Å². The molecule has 158 valence electrons. The molecule has 7 nitrogen and oxygen atoms in total. The maximum atomic E-state index is 14.1. The first kappa shape index (κ1) is 19.7. The highest BCUT2D eigenvalue weighted by molar-refractivity contribution is 7.89. The minimum atomic E-state index is -4.25. The Hall–Kier alpha value is -3.30. The molecule has 0 radical (unpaired) electrons. The van der Waals surface area contributed by atoms with Crippen LogP contribution >= 0.6 is 0 Å². The Bertz CT molecular complexity index is 1310. The highest BCUT2D eigenvalue weighted by Crippen LogP contribution is 2.36. The van der Waals surface area contributed by atoms with E-state index in [1.165, 1.54) is 4.90 Å². The molecule has 1 amide bonds. The summed E-state index contributed by atoms with van der Waals surface area (Å²) in [5, 5.41) is 5.11. The molecule has 9 heteroatoms. The van der Waals surface area contributed by atoms with Gasteiger partial charge < -0.3 is 9.64 Å². The van der Waals surface area contributed by atoms with Gasteiger partial charge in [-0.05, 0) is 47.9 Å². The van der Waals surface area contributed by atoms with Crippen molar-refractivity contribution in [3.8, 4) is 17.0 Å². The number of ether oxygens (including phenoxy) is 1. The molecular formula is C22H18FN3O4S. The second-order valence-electron chi connectivity index (χ2n) is 7.54. The molecule has 2 aliphatic heterocycles. The maximum Gasteiger partial charge on any atom is 0.268 e. The zero-order chi connectivity index (χ0) is 21.8. The number of hydrogen-bond acceptors (Lipinski definition) is 5. The quantitative estimate of drug-likeness (QED) is 0.675. The molecule has 5 rings (SSSR count). The zero-order valence-corrected chi connectivity index (χ0v) is 17.1. The number of primary sulfonamides is 1. The number of carbonyl (C=O) groups excluding carboxylic acids is 1. The molecule has 0 fully saturated rings. The molecule has 0 aliphatic carbocycles. The molecule has 0 saturated heterocycles. The fraction of sp³-hybridized carbons (Fsp3) is 0.182. The van der Waals surface area contributed by atoms with Crippen LogP contribution < -0.4 is 14.8 Å². The van der Waals surface area contributed by atoms with Crippen molar-refractivity contribution in [1.82, 2.24) is 4.98 Å². The van der Waals surface area contributed by atoms with Gasteiger partial charge in [-0.15, -0.1) is 0 Å². The number of carbonyl (C=O) groups is 1. The molecule has 0 bridgehead atoms. The van der Waals surface area contributed by atoms with Crippen molar-refractivity contribution in [2.45, 2.75) is 23.8 Å². The highest BCUT2D eigenvalue weighted by atomic mass is 32.2. The standard InChI is InChI=1S/C22H18FN3O4S/c23-16-9-14-6-8-26(18(14)12-21(16)31(24,28)29)22(27)20-11-15-5-4-13(10-19(15)30-20)17-3-1-2-7-25-17/h1-5,7,9-10,12,20H,6,8,11H2,(H2,24,28,29)/t20-/m0/s1. The third kappa shape index (κ3) is 3.45. The average Bonchev–Trinajstić information content (AvgIpc) is 3.35. The highest BCUT2D eigenvalue weighted by Gasteiger charge is 2.36. The number of aromatic nitrogens is 1. The Morgan fingerprint density at radius 1 is 1.16 bits per heavy atom. The molecule has 0 saturated carbocycles. The summed E-state index contributed by atoms with van der Waals surface area (Å²) in [7, 11) is -4.25. The van der Waals surface area contributed by atoms with Gasteiger partial charge in [-0.25, -0.2) is 17.9 Å². The predicted molar refractivity (Wildman–Crippen MR) is 112 cm³/mol. The van der Waals surface area contributed by atoms with Crippen LogP contribution in [0.5, 0.6) is 5.75 Å². The van der Waals surface area contributed by atoms with Gasteiger partial charge in [0.05, 0.1) is 5.69 Å². The van der Waals surface area contributed by atoms with Crippen molar-refractivity contribution in [2.24, 2.45) is 5.14 Å². The van der Waals surface area contributed by atoms with Crippen LogP contribution in [0, 0.1) is 5.82 Å². The van der Waals surface area contributed by atoms with Crippen molar-refractivity contribution in [2.75, 3.05) is 11.4 Å². The van der Waals surface area contributed by atoms with E-state index < -0.39 is 26.8 Å². The zero-order valence-electron chi connectivity index (χ0n) is 16.3. The second-order valence-corrected chi connectivity index (χ2v) is 9.07. The van der Waals surface area contributed by atoms with E-state index in [4.69, 9.17) is 9.88 Å². The van der Waals surface area contributed by atoms with Gasteiger partial charge in [0, 0.05) is 30.4 Å². The number of nitrogens with two attached hydrogens (primary N) is 1. The van der Waals surface area contributed by atoms with Crippen LogP contribution in [0.4, 0.5) is 10.1 Å². The lowest BCUT2D eigenvalue weighted by Gasteiger charge is -2.21. The van der Waals surface area contributed by atoms with Gasteiger partial charge in [-0.1, -0.05) is 18.2 Å². The fourth-order valence-electron chi connectivity index (χ4n) is 4.07. The summed E-state index contributed by atoms with van der Waals surface area (Å²) in [6.45, 7) is 0.317. The number of benzene rings is 2. The van der Waals surface area contributed by atoms with E-state index in [1.54, 1.807) is 6.20 Å². The Morgan fingerprint density at radius 3 is 2.74 bits per heavy atom. The van der Waals surface area contributed by atoms with E-state index in [0.29, 0.717) is 36.4 Å². The van der Waals surface area contributed by atoms with Crippen molar-refractivity contribution < 1.29 is 22.3 Å². The third-order valence-electron chi connectivity index (χ3n) is 5.58. The van der Waals surface area contributed by atoms with Crippen LogP contribution in [0.15, 0.2) is 59.6 Å². The maximum absolute atomic E-state index is 14.1. The summed E-state index contributed by atoms with van der Waals surface area (Å²) in [6, 6.07) is 13.6. The van der Waals surface area contributed by atoms with Gasteiger partial charge in [-0.2, -0.15) is 0 Å². The second kappa shape index (κ2) is 7.14. The minimum Gasteiger partial charge on any atom is -0.480 e. The van der Waals surface area contributed by atoms with Crippen molar-refractivity contribution in [1.29, 1.82) is 0 Å². The van der Waals surface area contributed by atoms with Crippen LogP contribution in [0.2, 0.25) is 0 Å². The molecular weight excluding hydrogens is 421 g/mol. The lowest BCUT2D eigenvalue weighted by Crippen LogP contribution is -2.40. The Balaban J connectivity index is 1.41. The first-order chi connectivity index (χ1) is 14.8. The molecule has 2 N–H and O–H groups in total. The molecule has 0 spiro atoms. The van der Waals surface area contributed by atoms with E-state index >= 15 is 0 Å². The SMILES string of the molecule is NS(=O)(=O)c1cc2c(cc1F)CCN2C(=O)[C@@H]1Cc2ccc(-c3ccccn3)cc2O1. The molecule has 0 unspecified atom stereocenters. The number of amides is 1. The number of pyridine rings is 1. The number of sulfonamides is 1. The molecule has 1 atom stereocenters. The van der Waals surface area contributed by atoms with Crippen LogP contribution in [-0.2, 0) is 27.7 Å². The van der Waals surface area contributed by atoms with Gasteiger partial charge in [0.25, 0.3) is 5.91 Å². The van der Waals surface area contributed by atoms with Crippen LogP contribution in [-0.4, -0.2) is 32.0 Å². The monoisotopic (exact) mass is 439 g/mol. The first-order valence-corrected chi connectivity index (χ1v) is 11.2. The molecule has 3 aromatic rings. The Kier molecular flexibility index (Phi) is 4.53. The lowest BCUT2D eigenvalue weighted by atomic mass is 10.0. The normalized spacial score (nSPS) is 17.2. The van der Waals surface area contributed by atoms with Gasteiger partial charge >= 0.3 is 0 Å². The number of fused-ring (bicyclic) bond motifs is 2. The smallest absolute Gasteiger partial charge is 0.268 e. The van der Waals surface area contributed by atoms with Gasteiger partial charge in [0.15, 0.2) is 6.10 Å². The van der Waals surface area contributed by atoms with Crippen LogP contribution in [0.3, 0.4) is 0 Å². The largest absolute Gasteiger partial charge is 0.480 e. The molecule has 1 aromatic heterocycles. The third-order valence-corrected chi connectivity index (χ3v) is 6.50. The molecule has 2 aliphatic rings. The Morgan fingerprint density at radius 2 is 2.00 bits per heavy atom. The van der Waals surface area contributed by atoms with E-state index in [9.17, 15) is 17.6 Å². The van der Waals surface area contributed by atoms with Crippen molar-refractivity contribution in [3.63, 3.8) is 0 Å². The van der Waals surface area contributed by atoms with Crippen LogP contribution in [0.1, 0.15) is 11.1 Å². The Labute approximate surface area is 178 Å². The van der Waals surface area contributed by atoms with Gasteiger partial charge in [0.1, 0.15) is 16.5 Å². The van der Waals surface area contributed by atoms with Crippen LogP contribution in [0.25, 0.3) is 11.3 Å².